The lowest BCUT2D eigenvalue weighted by molar-refractivity contribution is -0.0366. The number of hydrogen-bond acceptors (Lipinski definition) is 5. The third-order valence-electron chi connectivity index (χ3n) is 5.92. The normalized spacial score (nSPS) is 17.6. The Kier molecular flexibility index (Phi) is 6.61. The molecule has 0 bridgehead atoms. The first-order valence-electron chi connectivity index (χ1n) is 11.6. The molecule has 1 fully saturated rings. The van der Waals surface area contributed by atoms with Crippen molar-refractivity contribution in [2.45, 2.75) is 64.7 Å². The summed E-state index contributed by atoms with van der Waals surface area (Å²) in [5.41, 5.74) is 3.14. The van der Waals surface area contributed by atoms with Gasteiger partial charge in [0.15, 0.2) is 6.23 Å². The number of nitrogens with one attached hydrogen (secondary N) is 1. The predicted octanol–water partition coefficient (Wildman–Crippen LogP) is 5.74. The van der Waals surface area contributed by atoms with E-state index in [1.54, 1.807) is 6.20 Å². The predicted molar refractivity (Wildman–Crippen MR) is 128 cm³/mol. The third-order valence-corrected chi connectivity index (χ3v) is 5.92. The van der Waals surface area contributed by atoms with E-state index in [1.165, 1.54) is 0 Å². The van der Waals surface area contributed by atoms with Gasteiger partial charge in [-0.15, -0.1) is 0 Å². The van der Waals surface area contributed by atoms with E-state index in [-0.39, 0.29) is 17.9 Å². The minimum Gasteiger partial charge on any atom is -0.507 e. The van der Waals surface area contributed by atoms with Crippen LogP contribution in [-0.4, -0.2) is 39.7 Å². The van der Waals surface area contributed by atoms with Crippen molar-refractivity contribution in [2.24, 2.45) is 0 Å². The zero-order valence-corrected chi connectivity index (χ0v) is 19.8. The number of aromatic hydroxyl groups is 1. The molecule has 2 aromatic carbocycles. The fourth-order valence-corrected chi connectivity index (χ4v) is 4.15. The van der Waals surface area contributed by atoms with Gasteiger partial charge >= 0.3 is 6.09 Å². The van der Waals surface area contributed by atoms with E-state index in [0.29, 0.717) is 6.54 Å². The van der Waals surface area contributed by atoms with Crippen LogP contribution in [0.4, 0.5) is 4.79 Å². The average Bonchev–Trinajstić information content (AvgIpc) is 3.22. The van der Waals surface area contributed by atoms with E-state index < -0.39 is 11.7 Å². The lowest BCUT2D eigenvalue weighted by atomic mass is 9.96. The Morgan fingerprint density at radius 3 is 2.67 bits per heavy atom. The van der Waals surface area contributed by atoms with Crippen LogP contribution in [0.5, 0.6) is 5.75 Å². The van der Waals surface area contributed by atoms with Gasteiger partial charge in [-0.1, -0.05) is 31.2 Å². The molecule has 3 aromatic rings. The van der Waals surface area contributed by atoms with Crippen LogP contribution < -0.4 is 5.32 Å². The van der Waals surface area contributed by atoms with Crippen molar-refractivity contribution < 1.29 is 19.4 Å². The number of carbonyl (C=O) groups excluding carboxylic acids is 1. The second-order valence-electron chi connectivity index (χ2n) is 9.71. The number of amides is 1. The fourth-order valence-electron chi connectivity index (χ4n) is 4.15. The average molecular weight is 452 g/mol. The molecule has 7 nitrogen and oxygen atoms in total. The second-order valence-corrected chi connectivity index (χ2v) is 9.71. The Hall–Kier alpha value is -3.06. The lowest BCUT2D eigenvalue weighted by Crippen LogP contribution is -2.34. The molecule has 4 rings (SSSR count). The highest BCUT2D eigenvalue weighted by Gasteiger charge is 2.21. The Morgan fingerprint density at radius 2 is 2.00 bits per heavy atom. The lowest BCUT2D eigenvalue weighted by Gasteiger charge is -2.23. The van der Waals surface area contributed by atoms with E-state index in [4.69, 9.17) is 9.47 Å². The number of alkyl carbamates (subject to hydrolysis) is 1. The van der Waals surface area contributed by atoms with Gasteiger partial charge in [0.05, 0.1) is 17.1 Å². The Labute approximate surface area is 194 Å². The molecule has 2 heterocycles. The molecule has 0 radical (unpaired) electrons. The Morgan fingerprint density at radius 1 is 1.24 bits per heavy atom. The number of rotatable bonds is 5. The molecule has 2 atom stereocenters. The van der Waals surface area contributed by atoms with Gasteiger partial charge in [0.2, 0.25) is 0 Å². The maximum Gasteiger partial charge on any atom is 0.407 e. The van der Waals surface area contributed by atoms with Crippen molar-refractivity contribution in [3.05, 3.63) is 48.2 Å². The first-order chi connectivity index (χ1) is 15.7. The number of aromatic nitrogens is 2. The summed E-state index contributed by atoms with van der Waals surface area (Å²) in [5, 5.41) is 19.0. The molecular formula is C26H33N3O4. The molecule has 1 aliphatic heterocycles. The molecule has 0 aliphatic carbocycles. The molecule has 1 saturated heterocycles. The largest absolute Gasteiger partial charge is 0.507 e. The van der Waals surface area contributed by atoms with Crippen LogP contribution in [0.3, 0.4) is 0 Å². The van der Waals surface area contributed by atoms with Crippen molar-refractivity contribution in [1.82, 2.24) is 15.1 Å². The summed E-state index contributed by atoms with van der Waals surface area (Å²) in [6.45, 7) is 8.81. The maximum absolute atomic E-state index is 11.9. The number of phenolic OH excluding ortho intramolecular Hbond substituents is 1. The van der Waals surface area contributed by atoms with Gasteiger partial charge in [0.25, 0.3) is 0 Å². The molecule has 1 aromatic heterocycles. The summed E-state index contributed by atoms with van der Waals surface area (Å²) in [6, 6.07) is 12.0. The smallest absolute Gasteiger partial charge is 0.407 e. The van der Waals surface area contributed by atoms with Gasteiger partial charge in [-0.3, -0.25) is 0 Å². The van der Waals surface area contributed by atoms with Crippen LogP contribution in [0.25, 0.3) is 22.0 Å². The van der Waals surface area contributed by atoms with Crippen LogP contribution in [0, 0.1) is 0 Å². The Bertz CT molecular complexity index is 1110. The van der Waals surface area contributed by atoms with Crippen molar-refractivity contribution in [2.75, 3.05) is 13.2 Å². The highest BCUT2D eigenvalue weighted by Crippen LogP contribution is 2.37. The zero-order chi connectivity index (χ0) is 23.6. The molecular weight excluding hydrogens is 418 g/mol. The number of hydrogen-bond donors (Lipinski definition) is 2. The molecule has 2 unspecified atom stereocenters. The van der Waals surface area contributed by atoms with Crippen molar-refractivity contribution in [1.29, 1.82) is 0 Å². The van der Waals surface area contributed by atoms with Gasteiger partial charge in [-0.25, -0.2) is 9.48 Å². The van der Waals surface area contributed by atoms with E-state index >= 15 is 0 Å². The van der Waals surface area contributed by atoms with Crippen LogP contribution in [0.15, 0.2) is 42.6 Å². The van der Waals surface area contributed by atoms with Crippen molar-refractivity contribution >= 4 is 17.0 Å². The quantitative estimate of drug-likeness (QED) is 0.517. The summed E-state index contributed by atoms with van der Waals surface area (Å²) in [4.78, 5) is 11.9. The number of nitrogens with zero attached hydrogens (tertiary/aromatic N) is 2. The van der Waals surface area contributed by atoms with E-state index in [2.05, 4.69) is 17.3 Å². The zero-order valence-electron chi connectivity index (χ0n) is 19.8. The number of fused-ring (bicyclic) bond motifs is 1. The molecule has 176 valence electrons. The van der Waals surface area contributed by atoms with Crippen LogP contribution in [-0.2, 0) is 9.47 Å². The molecule has 2 N–H and O–H groups in total. The minimum absolute atomic E-state index is 0.0726. The first kappa shape index (κ1) is 23.1. The van der Waals surface area contributed by atoms with E-state index in [0.717, 1.165) is 53.5 Å². The van der Waals surface area contributed by atoms with Gasteiger partial charge in [-0.05, 0) is 69.2 Å². The van der Waals surface area contributed by atoms with Gasteiger partial charge in [0, 0.05) is 18.7 Å². The molecule has 33 heavy (non-hydrogen) atoms. The van der Waals surface area contributed by atoms with Crippen LogP contribution >= 0.6 is 0 Å². The monoisotopic (exact) mass is 451 g/mol. The summed E-state index contributed by atoms with van der Waals surface area (Å²) in [5.74, 6) is 0.346. The minimum atomic E-state index is -0.516. The van der Waals surface area contributed by atoms with Crippen molar-refractivity contribution in [3.63, 3.8) is 0 Å². The van der Waals surface area contributed by atoms with Gasteiger partial charge < -0.3 is 19.9 Å². The summed E-state index contributed by atoms with van der Waals surface area (Å²) >= 11 is 0. The topological polar surface area (TPSA) is 85.6 Å². The van der Waals surface area contributed by atoms with E-state index in [9.17, 15) is 9.90 Å². The molecule has 0 saturated carbocycles. The van der Waals surface area contributed by atoms with E-state index in [1.807, 2.05) is 61.9 Å². The molecule has 0 spiro atoms. The molecule has 1 amide bonds. The van der Waals surface area contributed by atoms with Gasteiger partial charge in [0.1, 0.15) is 11.4 Å². The Balaban J connectivity index is 1.47. The first-order valence-corrected chi connectivity index (χ1v) is 11.6. The highest BCUT2D eigenvalue weighted by molar-refractivity contribution is 5.92. The number of benzene rings is 2. The standard InChI is InChI=1S/C26H33N3O4/c1-17(15-27-25(31)33-26(2,3)4)18-8-10-19(11-9-18)20-12-13-22-21(24(20)30)16-28-29(22)23-7-5-6-14-32-23/h8-13,16-17,23,30H,5-7,14-15H2,1-4H3,(H,27,31). The van der Waals surface area contributed by atoms with Crippen molar-refractivity contribution in [3.8, 4) is 16.9 Å². The summed E-state index contributed by atoms with van der Waals surface area (Å²) in [6.07, 6.45) is 4.36. The highest BCUT2D eigenvalue weighted by atomic mass is 16.6. The third kappa shape index (κ3) is 5.30. The maximum atomic E-state index is 11.9. The number of carbonyl (C=O) groups is 1. The summed E-state index contributed by atoms with van der Waals surface area (Å²) < 4.78 is 13.0. The van der Waals surface area contributed by atoms with Crippen LogP contribution in [0.1, 0.15) is 64.7 Å². The second kappa shape index (κ2) is 9.43. The summed E-state index contributed by atoms with van der Waals surface area (Å²) in [7, 11) is 0. The number of phenols is 1. The SMILES string of the molecule is CC(CNC(=O)OC(C)(C)C)c1ccc(-c2ccc3c(cnn3C3CCCCO3)c2O)cc1. The molecule has 7 heteroatoms. The molecule has 1 aliphatic rings. The number of ether oxygens (including phenoxy) is 2. The van der Waals surface area contributed by atoms with Crippen LogP contribution in [0.2, 0.25) is 0 Å². The van der Waals surface area contributed by atoms with Gasteiger partial charge in [-0.2, -0.15) is 5.10 Å². The fraction of sp³-hybridized carbons (Fsp3) is 0.462.